The fourth-order valence-corrected chi connectivity index (χ4v) is 3.51. The average molecular weight is 345 g/mol. The second kappa shape index (κ2) is 7.41. The van der Waals surface area contributed by atoms with Crippen molar-refractivity contribution < 1.29 is 9.90 Å². The van der Waals surface area contributed by atoms with E-state index in [1.54, 1.807) is 18.1 Å². The monoisotopic (exact) mass is 345 g/mol. The summed E-state index contributed by atoms with van der Waals surface area (Å²) >= 11 is 0. The lowest BCUT2D eigenvalue weighted by Crippen LogP contribution is -2.46. The summed E-state index contributed by atoms with van der Waals surface area (Å²) in [6.07, 6.45) is 6.48. The smallest absolute Gasteiger partial charge is 0.222 e. The van der Waals surface area contributed by atoms with Crippen molar-refractivity contribution in [2.75, 3.05) is 38.1 Å². The van der Waals surface area contributed by atoms with Crippen LogP contribution >= 0.6 is 0 Å². The van der Waals surface area contributed by atoms with Gasteiger partial charge in [0.2, 0.25) is 5.91 Å². The van der Waals surface area contributed by atoms with Gasteiger partial charge in [-0.15, -0.1) is 0 Å². The first-order valence-electron chi connectivity index (χ1n) is 8.86. The molecule has 0 spiro atoms. The SMILES string of the molecule is CN(C[C@@]1(O)CCN(c2cccc3nccn23)C1)C(=O)CCCCN. The minimum Gasteiger partial charge on any atom is -0.386 e. The van der Waals surface area contributed by atoms with Gasteiger partial charge in [-0.1, -0.05) is 6.07 Å². The molecule has 0 radical (unpaired) electrons. The minimum absolute atomic E-state index is 0.0667. The predicted molar refractivity (Wildman–Crippen MR) is 97.5 cm³/mol. The number of unbranched alkanes of at least 4 members (excludes halogenated alkanes) is 1. The molecular weight excluding hydrogens is 318 g/mol. The fraction of sp³-hybridized carbons (Fsp3) is 0.556. The molecule has 3 heterocycles. The van der Waals surface area contributed by atoms with Crippen LogP contribution in [0, 0.1) is 0 Å². The Hall–Kier alpha value is -2.12. The quantitative estimate of drug-likeness (QED) is 0.727. The van der Waals surface area contributed by atoms with Gasteiger partial charge in [0.1, 0.15) is 17.1 Å². The van der Waals surface area contributed by atoms with Gasteiger partial charge < -0.3 is 20.6 Å². The van der Waals surface area contributed by atoms with Crippen LogP contribution in [0.15, 0.2) is 30.6 Å². The van der Waals surface area contributed by atoms with Crippen LogP contribution in [0.25, 0.3) is 5.65 Å². The van der Waals surface area contributed by atoms with Crippen LogP contribution in [0.2, 0.25) is 0 Å². The van der Waals surface area contributed by atoms with Gasteiger partial charge in [-0.05, 0) is 37.9 Å². The van der Waals surface area contributed by atoms with Crippen LogP contribution in [0.5, 0.6) is 0 Å². The topological polar surface area (TPSA) is 87.1 Å². The van der Waals surface area contributed by atoms with Crippen molar-refractivity contribution in [1.29, 1.82) is 0 Å². The Balaban J connectivity index is 1.63. The van der Waals surface area contributed by atoms with E-state index in [1.165, 1.54) is 0 Å². The first-order valence-corrected chi connectivity index (χ1v) is 8.86. The predicted octanol–water partition coefficient (Wildman–Crippen LogP) is 0.863. The van der Waals surface area contributed by atoms with Crippen LogP contribution in [-0.4, -0.2) is 64.1 Å². The summed E-state index contributed by atoms with van der Waals surface area (Å²) in [6, 6.07) is 5.96. The summed E-state index contributed by atoms with van der Waals surface area (Å²) in [7, 11) is 1.77. The molecule has 0 aliphatic carbocycles. The van der Waals surface area contributed by atoms with E-state index in [0.717, 1.165) is 30.9 Å². The van der Waals surface area contributed by atoms with Crippen molar-refractivity contribution >= 4 is 17.4 Å². The Kier molecular flexibility index (Phi) is 5.24. The number of hydrogen-bond acceptors (Lipinski definition) is 5. The molecule has 3 N–H and O–H groups in total. The summed E-state index contributed by atoms with van der Waals surface area (Å²) in [4.78, 5) is 20.3. The highest BCUT2D eigenvalue weighted by molar-refractivity contribution is 5.75. The van der Waals surface area contributed by atoms with Crippen LogP contribution in [0.4, 0.5) is 5.82 Å². The van der Waals surface area contributed by atoms with Gasteiger partial charge in [0.25, 0.3) is 0 Å². The van der Waals surface area contributed by atoms with Gasteiger partial charge in [-0.2, -0.15) is 0 Å². The maximum atomic E-state index is 12.2. The summed E-state index contributed by atoms with van der Waals surface area (Å²) in [5.74, 6) is 1.08. The number of aliphatic hydroxyl groups is 1. The molecule has 1 aliphatic heterocycles. The molecule has 1 fully saturated rings. The first-order chi connectivity index (χ1) is 12.0. The summed E-state index contributed by atoms with van der Waals surface area (Å²) in [6.45, 7) is 2.22. The lowest BCUT2D eigenvalue weighted by Gasteiger charge is -2.29. The van der Waals surface area contributed by atoms with Gasteiger partial charge >= 0.3 is 0 Å². The lowest BCUT2D eigenvalue weighted by molar-refractivity contribution is -0.132. The van der Waals surface area contributed by atoms with E-state index < -0.39 is 5.60 Å². The number of imidazole rings is 1. The zero-order chi connectivity index (χ0) is 17.9. The second-order valence-corrected chi connectivity index (χ2v) is 6.93. The molecule has 3 rings (SSSR count). The molecule has 7 nitrogen and oxygen atoms in total. The Labute approximate surface area is 148 Å². The number of carbonyl (C=O) groups is 1. The minimum atomic E-state index is -0.888. The number of fused-ring (bicyclic) bond motifs is 1. The van der Waals surface area contributed by atoms with Crippen LogP contribution in [-0.2, 0) is 4.79 Å². The van der Waals surface area contributed by atoms with Crippen molar-refractivity contribution in [2.45, 2.75) is 31.3 Å². The maximum absolute atomic E-state index is 12.2. The Morgan fingerprint density at radius 3 is 3.08 bits per heavy atom. The van der Waals surface area contributed by atoms with E-state index in [2.05, 4.69) is 9.88 Å². The molecule has 1 amide bonds. The van der Waals surface area contributed by atoms with Crippen molar-refractivity contribution in [3.05, 3.63) is 30.6 Å². The fourth-order valence-electron chi connectivity index (χ4n) is 3.51. The molecule has 0 unspecified atom stereocenters. The third-order valence-electron chi connectivity index (χ3n) is 4.87. The molecule has 0 saturated carbocycles. The Bertz CT molecular complexity index is 731. The third-order valence-corrected chi connectivity index (χ3v) is 4.87. The number of nitrogens with two attached hydrogens (primary N) is 1. The third kappa shape index (κ3) is 3.93. The average Bonchev–Trinajstić information content (AvgIpc) is 3.21. The van der Waals surface area contributed by atoms with Crippen molar-refractivity contribution in [1.82, 2.24) is 14.3 Å². The number of pyridine rings is 1. The number of β-amino-alcohol motifs (C(OH)–C–C–N with tert-alkyl or cyclic N) is 1. The Morgan fingerprint density at radius 1 is 1.44 bits per heavy atom. The number of nitrogens with zero attached hydrogens (tertiary/aromatic N) is 4. The number of hydrogen-bond donors (Lipinski definition) is 2. The Morgan fingerprint density at radius 2 is 2.28 bits per heavy atom. The van der Waals surface area contributed by atoms with E-state index in [9.17, 15) is 9.90 Å². The summed E-state index contributed by atoms with van der Waals surface area (Å²) in [5, 5.41) is 11.0. The molecule has 2 aromatic heterocycles. The standard InChI is InChI=1S/C18H27N5O2/c1-21(17(24)7-2-3-9-19)13-18(25)8-11-22(14-18)16-6-4-5-15-20-10-12-23(15)16/h4-6,10,12,25H,2-3,7-9,11,13-14,19H2,1H3/t18-/m0/s1. The van der Waals surface area contributed by atoms with Crippen LogP contribution < -0.4 is 10.6 Å². The molecule has 7 heteroatoms. The first kappa shape index (κ1) is 17.7. The van der Waals surface area contributed by atoms with Gasteiger partial charge in [0, 0.05) is 39.0 Å². The van der Waals surface area contributed by atoms with E-state index >= 15 is 0 Å². The summed E-state index contributed by atoms with van der Waals surface area (Å²) < 4.78 is 2.02. The molecule has 1 atom stereocenters. The molecule has 0 bridgehead atoms. The van der Waals surface area contributed by atoms with Gasteiger partial charge in [-0.25, -0.2) is 4.98 Å². The largest absolute Gasteiger partial charge is 0.386 e. The van der Waals surface area contributed by atoms with Crippen LogP contribution in [0.1, 0.15) is 25.7 Å². The highest BCUT2D eigenvalue weighted by Gasteiger charge is 2.38. The van der Waals surface area contributed by atoms with Gasteiger partial charge in [0.15, 0.2) is 0 Å². The molecule has 0 aromatic carbocycles. The molecule has 25 heavy (non-hydrogen) atoms. The van der Waals surface area contributed by atoms with E-state index in [4.69, 9.17) is 5.73 Å². The number of likely N-dealkylation sites (N-methyl/N-ethyl adjacent to an activating group) is 1. The van der Waals surface area contributed by atoms with Gasteiger partial charge in [0.05, 0.1) is 6.54 Å². The molecule has 2 aromatic rings. The van der Waals surface area contributed by atoms with E-state index in [0.29, 0.717) is 32.5 Å². The lowest BCUT2D eigenvalue weighted by atomic mass is 10.0. The number of anilines is 1. The summed E-state index contributed by atoms with van der Waals surface area (Å²) in [5.41, 5.74) is 5.47. The number of aromatic nitrogens is 2. The molecule has 1 saturated heterocycles. The number of amides is 1. The number of carbonyl (C=O) groups excluding carboxylic acids is 1. The number of rotatable bonds is 7. The molecule has 136 valence electrons. The van der Waals surface area contributed by atoms with Crippen molar-refractivity contribution in [2.24, 2.45) is 5.73 Å². The molecular formula is C18H27N5O2. The van der Waals surface area contributed by atoms with Crippen molar-refractivity contribution in [3.8, 4) is 0 Å². The zero-order valence-electron chi connectivity index (χ0n) is 14.8. The molecule has 1 aliphatic rings. The van der Waals surface area contributed by atoms with Crippen molar-refractivity contribution in [3.63, 3.8) is 0 Å². The second-order valence-electron chi connectivity index (χ2n) is 6.93. The maximum Gasteiger partial charge on any atom is 0.222 e. The van der Waals surface area contributed by atoms with Crippen LogP contribution in [0.3, 0.4) is 0 Å². The highest BCUT2D eigenvalue weighted by Crippen LogP contribution is 2.28. The van der Waals surface area contributed by atoms with Gasteiger partial charge in [-0.3, -0.25) is 9.20 Å². The highest BCUT2D eigenvalue weighted by atomic mass is 16.3. The van der Waals surface area contributed by atoms with E-state index in [-0.39, 0.29) is 5.91 Å². The van der Waals surface area contributed by atoms with E-state index in [1.807, 2.05) is 28.8 Å². The normalized spacial score (nSPS) is 20.4. The zero-order valence-corrected chi connectivity index (χ0v) is 14.8.